The maximum Gasteiger partial charge on any atom is 0.411 e. The molecule has 0 aliphatic carbocycles. The first-order valence-electron chi connectivity index (χ1n) is 8.15. The minimum atomic E-state index is -4.43. The number of hydrogen-bond acceptors (Lipinski definition) is 4. The second-order valence-electron chi connectivity index (χ2n) is 5.99. The predicted octanol–water partition coefficient (Wildman–Crippen LogP) is 2.06. The zero-order chi connectivity index (χ0) is 18.3. The van der Waals surface area contributed by atoms with Gasteiger partial charge < -0.3 is 14.8 Å². The third kappa shape index (κ3) is 7.01. The molecule has 5 nitrogen and oxygen atoms in total. The molecule has 0 spiro atoms. The number of nitrogens with zero attached hydrogens (tertiary/aromatic N) is 1. The summed E-state index contributed by atoms with van der Waals surface area (Å²) in [4.78, 5) is 14.0. The number of rotatable bonds is 7. The maximum absolute atomic E-state index is 12.0. The zero-order valence-corrected chi connectivity index (χ0v) is 14.1. The smallest absolute Gasteiger partial charge is 0.379 e. The maximum atomic E-state index is 12.0. The molecule has 0 saturated carbocycles. The van der Waals surface area contributed by atoms with Crippen LogP contribution in [0, 0.1) is 6.92 Å². The number of hydrogen-bond donors (Lipinski definition) is 1. The van der Waals surface area contributed by atoms with Crippen molar-refractivity contribution in [1.29, 1.82) is 0 Å². The number of halogens is 3. The van der Waals surface area contributed by atoms with Crippen LogP contribution in [-0.2, 0) is 14.3 Å². The highest BCUT2D eigenvalue weighted by molar-refractivity contribution is 5.77. The molecule has 1 saturated heterocycles. The number of ether oxygens (including phenoxy) is 2. The molecular weight excluding hydrogens is 337 g/mol. The van der Waals surface area contributed by atoms with Crippen molar-refractivity contribution in [3.63, 3.8) is 0 Å². The average molecular weight is 360 g/mol. The minimum absolute atomic E-state index is 0.0598. The highest BCUT2D eigenvalue weighted by Crippen LogP contribution is 2.22. The van der Waals surface area contributed by atoms with E-state index in [0.29, 0.717) is 19.8 Å². The quantitative estimate of drug-likeness (QED) is 0.809. The van der Waals surface area contributed by atoms with E-state index in [-0.39, 0.29) is 6.04 Å². The fourth-order valence-corrected chi connectivity index (χ4v) is 2.75. The molecular formula is C17H23F3N2O3. The van der Waals surface area contributed by atoms with E-state index < -0.39 is 25.3 Å². The molecule has 1 unspecified atom stereocenters. The Kier molecular flexibility index (Phi) is 7.22. The lowest BCUT2D eigenvalue weighted by Gasteiger charge is -2.35. The summed E-state index contributed by atoms with van der Waals surface area (Å²) in [5.74, 6) is -0.560. The van der Waals surface area contributed by atoms with Crippen molar-refractivity contribution in [2.75, 3.05) is 46.1 Å². The molecule has 1 heterocycles. The topological polar surface area (TPSA) is 50.8 Å². The number of aryl methyl sites for hydroxylation is 1. The molecule has 1 fully saturated rings. The van der Waals surface area contributed by atoms with Crippen LogP contribution >= 0.6 is 0 Å². The molecule has 8 heteroatoms. The number of nitrogens with one attached hydrogen (secondary N) is 1. The van der Waals surface area contributed by atoms with Crippen molar-refractivity contribution in [1.82, 2.24) is 10.2 Å². The van der Waals surface area contributed by atoms with Gasteiger partial charge in [-0.05, 0) is 12.5 Å². The number of amides is 1. The Morgan fingerprint density at radius 2 is 2.08 bits per heavy atom. The van der Waals surface area contributed by atoms with Crippen LogP contribution in [0.2, 0.25) is 0 Å². The molecule has 0 aromatic heterocycles. The molecule has 1 aliphatic heterocycles. The summed E-state index contributed by atoms with van der Waals surface area (Å²) in [6.07, 6.45) is -4.43. The van der Waals surface area contributed by atoms with E-state index >= 15 is 0 Å². The predicted molar refractivity (Wildman–Crippen MR) is 86.2 cm³/mol. The summed E-state index contributed by atoms with van der Waals surface area (Å²) >= 11 is 0. The van der Waals surface area contributed by atoms with Crippen molar-refractivity contribution in [3.05, 3.63) is 35.4 Å². The third-order valence-corrected chi connectivity index (χ3v) is 3.90. The Labute approximate surface area is 145 Å². The van der Waals surface area contributed by atoms with E-state index in [1.54, 1.807) is 0 Å². The molecule has 2 rings (SSSR count). The monoisotopic (exact) mass is 360 g/mol. The summed E-state index contributed by atoms with van der Waals surface area (Å²) < 4.78 is 45.9. The van der Waals surface area contributed by atoms with Gasteiger partial charge in [-0.3, -0.25) is 9.69 Å². The van der Waals surface area contributed by atoms with Gasteiger partial charge in [-0.25, -0.2) is 0 Å². The van der Waals surface area contributed by atoms with Gasteiger partial charge in [0.1, 0.15) is 13.2 Å². The van der Waals surface area contributed by atoms with Crippen molar-refractivity contribution in [2.45, 2.75) is 19.1 Å². The Hall–Kier alpha value is -1.64. The van der Waals surface area contributed by atoms with E-state index in [0.717, 1.165) is 24.2 Å². The number of carbonyl (C=O) groups excluding carboxylic acids is 1. The first-order valence-corrected chi connectivity index (χ1v) is 8.15. The molecule has 1 aliphatic rings. The molecule has 1 aromatic rings. The Morgan fingerprint density at radius 3 is 2.72 bits per heavy atom. The third-order valence-electron chi connectivity index (χ3n) is 3.90. The van der Waals surface area contributed by atoms with E-state index in [9.17, 15) is 18.0 Å². The van der Waals surface area contributed by atoms with Crippen LogP contribution < -0.4 is 5.32 Å². The van der Waals surface area contributed by atoms with Gasteiger partial charge in [0.15, 0.2) is 0 Å². The van der Waals surface area contributed by atoms with Crippen molar-refractivity contribution >= 4 is 5.91 Å². The van der Waals surface area contributed by atoms with Gasteiger partial charge in [0.25, 0.3) is 0 Å². The van der Waals surface area contributed by atoms with Gasteiger partial charge in [-0.15, -0.1) is 0 Å². The summed E-state index contributed by atoms with van der Waals surface area (Å²) in [5.41, 5.74) is 2.16. The highest BCUT2D eigenvalue weighted by atomic mass is 19.4. The summed E-state index contributed by atoms with van der Waals surface area (Å²) in [5, 5.41) is 2.67. The van der Waals surface area contributed by atoms with Gasteiger partial charge in [0.2, 0.25) is 5.91 Å². The van der Waals surface area contributed by atoms with Crippen LogP contribution in [0.4, 0.5) is 13.2 Å². The Morgan fingerprint density at radius 1 is 1.36 bits per heavy atom. The van der Waals surface area contributed by atoms with Crippen LogP contribution in [0.1, 0.15) is 17.2 Å². The summed E-state index contributed by atoms with van der Waals surface area (Å²) in [6.45, 7) is 2.96. The van der Waals surface area contributed by atoms with Gasteiger partial charge >= 0.3 is 6.18 Å². The lowest BCUT2D eigenvalue weighted by Crippen LogP contribution is -2.44. The van der Waals surface area contributed by atoms with Gasteiger partial charge in [0, 0.05) is 19.6 Å². The molecule has 0 radical (unpaired) electrons. The van der Waals surface area contributed by atoms with E-state index in [1.807, 2.05) is 31.2 Å². The SMILES string of the molecule is Cc1cccc(C(CNC(=O)COCC(F)(F)F)N2CCOCC2)c1. The zero-order valence-electron chi connectivity index (χ0n) is 14.1. The fourth-order valence-electron chi connectivity index (χ4n) is 2.75. The first-order chi connectivity index (χ1) is 11.8. The standard InChI is InChI=1S/C17H23F3N2O3/c1-13-3-2-4-14(9-13)15(22-5-7-24-8-6-22)10-21-16(23)11-25-12-17(18,19)20/h2-4,9,15H,5-8,10-12H2,1H3,(H,21,23). The molecule has 1 atom stereocenters. The van der Waals surface area contributed by atoms with Crippen LogP contribution in [-0.4, -0.2) is 63.0 Å². The van der Waals surface area contributed by atoms with Crippen LogP contribution in [0.15, 0.2) is 24.3 Å². The summed E-state index contributed by atoms with van der Waals surface area (Å²) in [7, 11) is 0. The number of morpholine rings is 1. The Balaban J connectivity index is 1.93. The summed E-state index contributed by atoms with van der Waals surface area (Å²) in [6, 6.07) is 7.91. The van der Waals surface area contributed by atoms with Gasteiger partial charge in [-0.1, -0.05) is 29.8 Å². The van der Waals surface area contributed by atoms with Crippen molar-refractivity contribution < 1.29 is 27.4 Å². The van der Waals surface area contributed by atoms with Crippen molar-refractivity contribution in [2.24, 2.45) is 0 Å². The molecule has 1 aromatic carbocycles. The lowest BCUT2D eigenvalue weighted by molar-refractivity contribution is -0.175. The largest absolute Gasteiger partial charge is 0.411 e. The Bertz CT molecular complexity index is 560. The van der Waals surface area contributed by atoms with Crippen LogP contribution in [0.5, 0.6) is 0 Å². The van der Waals surface area contributed by atoms with Gasteiger partial charge in [0.05, 0.1) is 19.3 Å². The second-order valence-corrected chi connectivity index (χ2v) is 5.99. The van der Waals surface area contributed by atoms with E-state index in [1.165, 1.54) is 0 Å². The number of benzene rings is 1. The molecule has 1 amide bonds. The number of carbonyl (C=O) groups is 1. The van der Waals surface area contributed by atoms with E-state index in [4.69, 9.17) is 4.74 Å². The second kappa shape index (κ2) is 9.17. The van der Waals surface area contributed by atoms with Crippen molar-refractivity contribution in [3.8, 4) is 0 Å². The fraction of sp³-hybridized carbons (Fsp3) is 0.588. The highest BCUT2D eigenvalue weighted by Gasteiger charge is 2.28. The first kappa shape index (κ1) is 19.7. The average Bonchev–Trinajstić information content (AvgIpc) is 2.55. The molecule has 0 bridgehead atoms. The lowest BCUT2D eigenvalue weighted by atomic mass is 10.0. The number of alkyl halides is 3. The van der Waals surface area contributed by atoms with Crippen LogP contribution in [0.25, 0.3) is 0 Å². The normalized spacial score (nSPS) is 17.3. The molecule has 140 valence electrons. The van der Waals surface area contributed by atoms with E-state index in [2.05, 4.69) is 15.0 Å². The molecule has 1 N–H and O–H groups in total. The minimum Gasteiger partial charge on any atom is -0.379 e. The van der Waals surface area contributed by atoms with Gasteiger partial charge in [-0.2, -0.15) is 13.2 Å². The molecule has 25 heavy (non-hydrogen) atoms. The van der Waals surface area contributed by atoms with Crippen LogP contribution in [0.3, 0.4) is 0 Å².